The highest BCUT2D eigenvalue weighted by Crippen LogP contribution is 2.41. The second-order valence-electron chi connectivity index (χ2n) is 8.17. The number of anilines is 1. The molecule has 1 fully saturated rings. The first-order valence-corrected chi connectivity index (χ1v) is 12.4. The second kappa shape index (κ2) is 9.95. The molecule has 1 unspecified atom stereocenters. The van der Waals surface area contributed by atoms with Crippen molar-refractivity contribution in [2.24, 2.45) is 0 Å². The first-order chi connectivity index (χ1) is 15.7. The maximum absolute atomic E-state index is 14.5. The van der Waals surface area contributed by atoms with Gasteiger partial charge in [-0.1, -0.05) is 35.7 Å². The molecule has 1 atom stereocenters. The monoisotopic (exact) mass is 495 g/mol. The minimum atomic E-state index is -2.88. The zero-order valence-electron chi connectivity index (χ0n) is 18.4. The summed E-state index contributed by atoms with van der Waals surface area (Å²) < 4.78 is 40.6. The normalized spacial score (nSPS) is 16.5. The Balaban J connectivity index is 1.67. The van der Waals surface area contributed by atoms with E-state index >= 15 is 0 Å². The molecule has 0 bridgehead atoms. The average Bonchev–Trinajstić information content (AvgIpc) is 2.77. The van der Waals surface area contributed by atoms with Crippen molar-refractivity contribution in [2.75, 3.05) is 25.5 Å². The number of rotatable bonds is 6. The zero-order chi connectivity index (χ0) is 23.7. The number of nitrogens with one attached hydrogen (secondary N) is 1. The molecular weight excluding hydrogens is 471 g/mol. The van der Waals surface area contributed by atoms with Crippen LogP contribution < -0.4 is 5.32 Å². The van der Waals surface area contributed by atoms with Crippen LogP contribution >= 0.6 is 22.1 Å². The molecule has 1 N–H and O–H groups in total. The molecule has 1 aliphatic rings. The molecule has 1 aromatic carbocycles. The van der Waals surface area contributed by atoms with Crippen molar-refractivity contribution in [1.82, 2.24) is 19.9 Å². The van der Waals surface area contributed by atoms with Gasteiger partial charge in [0.15, 0.2) is 5.65 Å². The molecule has 0 radical (unpaired) electrons. The molecule has 1 saturated heterocycles. The largest absolute Gasteiger partial charge is 0.365 e. The average molecular weight is 496 g/mol. The van der Waals surface area contributed by atoms with Crippen LogP contribution in [0, 0.1) is 12.7 Å². The summed E-state index contributed by atoms with van der Waals surface area (Å²) in [6.45, 7) is 3.73. The van der Waals surface area contributed by atoms with Crippen LogP contribution in [0.15, 0.2) is 29.2 Å². The molecule has 4 rings (SSSR count). The van der Waals surface area contributed by atoms with Gasteiger partial charge in [-0.05, 0) is 46.0 Å². The van der Waals surface area contributed by atoms with Crippen LogP contribution in [-0.2, 0) is 6.54 Å². The van der Waals surface area contributed by atoms with Crippen LogP contribution in [-0.4, -0.2) is 51.1 Å². The third-order valence-corrected chi connectivity index (χ3v) is 8.41. The first-order valence-electron chi connectivity index (χ1n) is 10.6. The van der Waals surface area contributed by atoms with E-state index in [1.165, 1.54) is 12.1 Å². The predicted molar refractivity (Wildman–Crippen MR) is 129 cm³/mol. The summed E-state index contributed by atoms with van der Waals surface area (Å²) in [5.74, 6) is 4.40. The summed E-state index contributed by atoms with van der Waals surface area (Å²) in [4.78, 5) is 16.5. The van der Waals surface area contributed by atoms with Crippen molar-refractivity contribution in [3.05, 3.63) is 52.2 Å². The van der Waals surface area contributed by atoms with E-state index in [2.05, 4.69) is 38.1 Å². The number of pyridine rings is 1. The lowest BCUT2D eigenvalue weighted by Gasteiger charge is -2.31. The standard InChI is InChI=1S/C23H25ClF3N5S/c1-13-29-22(28-12-14-5-4-6-16(19(14)25)21(26)27)17-11-18(20(24)31-23(17)30-13)33(3)15-7-9-32(2)10-8-15/h4-6,11,15,21H,3,7-10,12H2,1-2H3,(H,28,29,30,31). The van der Waals surface area contributed by atoms with Crippen LogP contribution in [0.5, 0.6) is 0 Å². The number of piperidine rings is 1. The maximum Gasteiger partial charge on any atom is 0.266 e. The topological polar surface area (TPSA) is 53.9 Å². The number of halogens is 4. The third kappa shape index (κ3) is 5.15. The van der Waals surface area contributed by atoms with Gasteiger partial charge in [0.25, 0.3) is 6.43 Å². The van der Waals surface area contributed by atoms with E-state index in [1.54, 1.807) is 6.92 Å². The molecule has 33 heavy (non-hydrogen) atoms. The SMILES string of the molecule is C=S(c1cc2c(NCc3cccc(C(F)F)c3F)nc(C)nc2nc1Cl)C1CCN(C)CC1. The number of nitrogens with zero attached hydrogens (tertiary/aromatic N) is 4. The van der Waals surface area contributed by atoms with Crippen molar-refractivity contribution in [2.45, 2.75) is 42.9 Å². The number of alkyl halides is 2. The Bertz CT molecular complexity index is 1200. The van der Waals surface area contributed by atoms with Crippen molar-refractivity contribution in [1.29, 1.82) is 0 Å². The lowest BCUT2D eigenvalue weighted by molar-refractivity contribution is 0.146. The maximum atomic E-state index is 14.5. The van der Waals surface area contributed by atoms with E-state index < -0.39 is 17.8 Å². The Morgan fingerprint density at radius 3 is 2.67 bits per heavy atom. The fourth-order valence-corrected chi connectivity index (χ4v) is 6.08. The molecule has 3 heterocycles. The second-order valence-corrected chi connectivity index (χ2v) is 10.5. The Morgan fingerprint density at radius 1 is 1.24 bits per heavy atom. The summed E-state index contributed by atoms with van der Waals surface area (Å²) in [5.41, 5.74) is -0.0727. The fourth-order valence-electron chi connectivity index (χ4n) is 3.97. The van der Waals surface area contributed by atoms with E-state index in [1.807, 2.05) is 6.07 Å². The lowest BCUT2D eigenvalue weighted by Crippen LogP contribution is -2.32. The number of aromatic nitrogens is 3. The molecule has 0 amide bonds. The Labute approximate surface area is 198 Å². The van der Waals surface area contributed by atoms with Gasteiger partial charge in [-0.2, -0.15) is 10.5 Å². The van der Waals surface area contributed by atoms with Gasteiger partial charge in [0, 0.05) is 22.3 Å². The highest BCUT2D eigenvalue weighted by atomic mass is 35.5. The fraction of sp³-hybridized carbons (Fsp3) is 0.391. The van der Waals surface area contributed by atoms with Gasteiger partial charge in [-0.15, -0.1) is 0 Å². The van der Waals surface area contributed by atoms with Crippen LogP contribution in [0.25, 0.3) is 11.0 Å². The molecular formula is C23H25ClF3N5S. The Hall–Kier alpha value is -2.23. The third-order valence-electron chi connectivity index (χ3n) is 5.86. The van der Waals surface area contributed by atoms with E-state index in [0.717, 1.165) is 36.9 Å². The van der Waals surface area contributed by atoms with Crippen molar-refractivity contribution < 1.29 is 13.2 Å². The quantitative estimate of drug-likeness (QED) is 0.344. The summed E-state index contributed by atoms with van der Waals surface area (Å²) in [7, 11) is 1.74. The number of hydrogen-bond donors (Lipinski definition) is 1. The summed E-state index contributed by atoms with van der Waals surface area (Å²) in [5, 5.41) is 4.50. The molecule has 0 saturated carbocycles. The number of likely N-dealkylation sites (tertiary alicyclic amines) is 1. The Morgan fingerprint density at radius 2 is 1.97 bits per heavy atom. The lowest BCUT2D eigenvalue weighted by atomic mass is 10.1. The summed E-state index contributed by atoms with van der Waals surface area (Å²) in [6, 6.07) is 5.88. The number of aryl methyl sites for hydroxylation is 1. The van der Waals surface area contributed by atoms with E-state index in [0.29, 0.717) is 33.1 Å². The minimum Gasteiger partial charge on any atom is -0.365 e. The molecule has 10 heteroatoms. The Kier molecular flexibility index (Phi) is 7.21. The first kappa shape index (κ1) is 23.9. The van der Waals surface area contributed by atoms with Gasteiger partial charge in [0.1, 0.15) is 22.6 Å². The smallest absolute Gasteiger partial charge is 0.266 e. The van der Waals surface area contributed by atoms with Crippen molar-refractivity contribution in [3.8, 4) is 0 Å². The molecule has 0 spiro atoms. The minimum absolute atomic E-state index is 0.0129. The van der Waals surface area contributed by atoms with Gasteiger partial charge in [0.2, 0.25) is 0 Å². The van der Waals surface area contributed by atoms with Crippen LogP contribution in [0.3, 0.4) is 0 Å². The van der Waals surface area contributed by atoms with Gasteiger partial charge in [-0.25, -0.2) is 28.1 Å². The van der Waals surface area contributed by atoms with E-state index in [-0.39, 0.29) is 22.6 Å². The van der Waals surface area contributed by atoms with Crippen molar-refractivity contribution in [3.63, 3.8) is 0 Å². The molecule has 1 aliphatic heterocycles. The van der Waals surface area contributed by atoms with E-state index in [9.17, 15) is 13.2 Å². The zero-order valence-corrected chi connectivity index (χ0v) is 20.0. The van der Waals surface area contributed by atoms with Crippen LogP contribution in [0.1, 0.15) is 36.2 Å². The van der Waals surface area contributed by atoms with Crippen LogP contribution in [0.2, 0.25) is 5.15 Å². The molecule has 5 nitrogen and oxygen atoms in total. The molecule has 2 aromatic heterocycles. The van der Waals surface area contributed by atoms with Gasteiger partial charge < -0.3 is 10.2 Å². The summed E-state index contributed by atoms with van der Waals surface area (Å²) in [6.07, 6.45) is -0.810. The molecule has 3 aromatic rings. The van der Waals surface area contributed by atoms with Crippen LogP contribution in [0.4, 0.5) is 19.0 Å². The molecule has 176 valence electrons. The highest BCUT2D eigenvalue weighted by Gasteiger charge is 2.23. The van der Waals surface area contributed by atoms with E-state index in [4.69, 9.17) is 11.6 Å². The summed E-state index contributed by atoms with van der Waals surface area (Å²) >= 11 is 6.54. The highest BCUT2D eigenvalue weighted by molar-refractivity contribution is 8.14. The van der Waals surface area contributed by atoms with Crippen molar-refractivity contribution >= 4 is 44.8 Å². The number of fused-ring (bicyclic) bond motifs is 1. The number of benzene rings is 1. The predicted octanol–water partition coefficient (Wildman–Crippen LogP) is 5.83. The number of hydrogen-bond acceptors (Lipinski definition) is 5. The van der Waals surface area contributed by atoms with Gasteiger partial charge in [0.05, 0.1) is 10.9 Å². The van der Waals surface area contributed by atoms with Gasteiger partial charge >= 0.3 is 0 Å². The van der Waals surface area contributed by atoms with Gasteiger partial charge in [-0.3, -0.25) is 0 Å². The molecule has 0 aliphatic carbocycles.